The van der Waals surface area contributed by atoms with Gasteiger partial charge in [-0.05, 0) is 25.7 Å². The molecule has 0 bridgehead atoms. The largest absolute Gasteiger partial charge is 0.480 e. The van der Waals surface area contributed by atoms with E-state index in [2.05, 4.69) is 5.32 Å². The number of carboxylic acids is 1. The van der Waals surface area contributed by atoms with E-state index in [0.717, 1.165) is 25.7 Å². The minimum absolute atomic E-state index is 0.0460. The van der Waals surface area contributed by atoms with Gasteiger partial charge in [0.2, 0.25) is 11.8 Å². The van der Waals surface area contributed by atoms with Crippen molar-refractivity contribution in [2.24, 2.45) is 0 Å². The molecular formula is C15H26N2O4. The Bertz CT molecular complexity index is 384. The molecule has 2 atom stereocenters. The quantitative estimate of drug-likeness (QED) is 0.746. The SMILES string of the molecule is CCCC[C@H](NC(=O)C1CCCCN1C(=O)CC)C(=O)O. The third-order valence-corrected chi connectivity index (χ3v) is 3.89. The summed E-state index contributed by atoms with van der Waals surface area (Å²) in [7, 11) is 0. The van der Waals surface area contributed by atoms with Gasteiger partial charge >= 0.3 is 5.97 Å². The van der Waals surface area contributed by atoms with Crippen molar-refractivity contribution in [2.75, 3.05) is 6.54 Å². The van der Waals surface area contributed by atoms with Gasteiger partial charge in [-0.1, -0.05) is 26.7 Å². The Kier molecular flexibility index (Phi) is 7.19. The van der Waals surface area contributed by atoms with E-state index in [1.165, 1.54) is 0 Å². The summed E-state index contributed by atoms with van der Waals surface area (Å²) >= 11 is 0. The molecule has 1 aliphatic heterocycles. The molecule has 0 saturated carbocycles. The molecule has 0 aliphatic carbocycles. The summed E-state index contributed by atoms with van der Waals surface area (Å²) in [6.45, 7) is 4.33. The highest BCUT2D eigenvalue weighted by atomic mass is 16.4. The van der Waals surface area contributed by atoms with Crippen LogP contribution in [0.15, 0.2) is 0 Å². The van der Waals surface area contributed by atoms with Crippen LogP contribution in [-0.4, -0.2) is 46.4 Å². The maximum absolute atomic E-state index is 12.3. The number of aliphatic carboxylic acids is 1. The summed E-state index contributed by atoms with van der Waals surface area (Å²) in [6, 6.07) is -1.38. The first-order valence-corrected chi connectivity index (χ1v) is 7.83. The zero-order chi connectivity index (χ0) is 15.8. The molecule has 0 aromatic heterocycles. The van der Waals surface area contributed by atoms with Gasteiger partial charge in [0.1, 0.15) is 12.1 Å². The highest BCUT2D eigenvalue weighted by Gasteiger charge is 2.33. The molecule has 6 heteroatoms. The van der Waals surface area contributed by atoms with E-state index in [4.69, 9.17) is 0 Å². The third-order valence-electron chi connectivity index (χ3n) is 3.89. The van der Waals surface area contributed by atoms with Crippen LogP contribution < -0.4 is 5.32 Å². The Morgan fingerprint density at radius 1 is 1.29 bits per heavy atom. The van der Waals surface area contributed by atoms with Crippen LogP contribution in [-0.2, 0) is 14.4 Å². The summed E-state index contributed by atoms with van der Waals surface area (Å²) < 4.78 is 0. The molecule has 1 rings (SSSR count). The molecule has 1 saturated heterocycles. The monoisotopic (exact) mass is 298 g/mol. The van der Waals surface area contributed by atoms with Crippen LogP contribution in [0.3, 0.4) is 0 Å². The molecule has 21 heavy (non-hydrogen) atoms. The summed E-state index contributed by atoms with van der Waals surface area (Å²) in [5.74, 6) is -1.39. The van der Waals surface area contributed by atoms with E-state index >= 15 is 0 Å². The number of nitrogens with one attached hydrogen (secondary N) is 1. The van der Waals surface area contributed by atoms with Gasteiger partial charge in [0.15, 0.2) is 0 Å². The molecule has 120 valence electrons. The molecule has 0 spiro atoms. The van der Waals surface area contributed by atoms with Crippen LogP contribution in [0.25, 0.3) is 0 Å². The van der Waals surface area contributed by atoms with Crippen LogP contribution in [0.5, 0.6) is 0 Å². The van der Waals surface area contributed by atoms with Crippen molar-refractivity contribution in [1.82, 2.24) is 10.2 Å². The predicted octanol–water partition coefficient (Wildman–Crippen LogP) is 1.54. The zero-order valence-corrected chi connectivity index (χ0v) is 12.9. The van der Waals surface area contributed by atoms with Crippen molar-refractivity contribution in [1.29, 1.82) is 0 Å². The zero-order valence-electron chi connectivity index (χ0n) is 12.9. The van der Waals surface area contributed by atoms with Crippen LogP contribution >= 0.6 is 0 Å². The van der Waals surface area contributed by atoms with Crippen molar-refractivity contribution in [2.45, 2.75) is 70.9 Å². The molecule has 6 nitrogen and oxygen atoms in total. The lowest BCUT2D eigenvalue weighted by atomic mass is 10.00. The van der Waals surface area contributed by atoms with Crippen molar-refractivity contribution < 1.29 is 19.5 Å². The number of nitrogens with zero attached hydrogens (tertiary/aromatic N) is 1. The number of rotatable bonds is 7. The first-order valence-electron chi connectivity index (χ1n) is 7.83. The van der Waals surface area contributed by atoms with Gasteiger partial charge in [-0.3, -0.25) is 9.59 Å². The lowest BCUT2D eigenvalue weighted by molar-refractivity contribution is -0.145. The highest BCUT2D eigenvalue weighted by molar-refractivity contribution is 5.90. The number of likely N-dealkylation sites (tertiary alicyclic amines) is 1. The number of unbranched alkanes of at least 4 members (excludes halogenated alkanes) is 1. The van der Waals surface area contributed by atoms with Crippen molar-refractivity contribution in [3.05, 3.63) is 0 Å². The van der Waals surface area contributed by atoms with Crippen LogP contribution in [0.2, 0.25) is 0 Å². The number of carbonyl (C=O) groups is 3. The second-order valence-corrected chi connectivity index (χ2v) is 5.49. The molecule has 0 aromatic carbocycles. The summed E-state index contributed by atoms with van der Waals surface area (Å²) in [4.78, 5) is 37.0. The topological polar surface area (TPSA) is 86.7 Å². The molecule has 1 fully saturated rings. The molecule has 0 aromatic rings. The highest BCUT2D eigenvalue weighted by Crippen LogP contribution is 2.18. The van der Waals surface area contributed by atoms with E-state index in [0.29, 0.717) is 25.8 Å². The first kappa shape index (κ1) is 17.5. The fourth-order valence-corrected chi connectivity index (χ4v) is 2.64. The number of amides is 2. The van der Waals surface area contributed by atoms with Crippen molar-refractivity contribution in [3.8, 4) is 0 Å². The van der Waals surface area contributed by atoms with E-state index in [1.54, 1.807) is 11.8 Å². The number of piperidine rings is 1. The molecule has 0 radical (unpaired) electrons. The van der Waals surface area contributed by atoms with Gasteiger partial charge in [-0.2, -0.15) is 0 Å². The number of hydrogen-bond acceptors (Lipinski definition) is 3. The Morgan fingerprint density at radius 3 is 2.57 bits per heavy atom. The van der Waals surface area contributed by atoms with E-state index < -0.39 is 18.1 Å². The Hall–Kier alpha value is -1.59. The number of hydrogen-bond donors (Lipinski definition) is 2. The molecular weight excluding hydrogens is 272 g/mol. The van der Waals surface area contributed by atoms with Crippen LogP contribution in [0, 0.1) is 0 Å². The average Bonchev–Trinajstić information content (AvgIpc) is 2.50. The standard InChI is InChI=1S/C15H26N2O4/c1-3-5-8-11(15(20)21)16-14(19)12-9-6-7-10-17(12)13(18)4-2/h11-12H,3-10H2,1-2H3,(H,16,19)(H,20,21)/t11-,12?/m0/s1. The minimum Gasteiger partial charge on any atom is -0.480 e. The van der Waals surface area contributed by atoms with Crippen molar-refractivity contribution >= 4 is 17.8 Å². The summed E-state index contributed by atoms with van der Waals surface area (Å²) in [5.41, 5.74) is 0. The normalized spacial score (nSPS) is 19.9. The van der Waals surface area contributed by atoms with Crippen LogP contribution in [0.4, 0.5) is 0 Å². The number of carboxylic acid groups (broad SMARTS) is 1. The van der Waals surface area contributed by atoms with Gasteiger partial charge in [-0.15, -0.1) is 0 Å². The summed E-state index contributed by atoms with van der Waals surface area (Å²) in [5, 5.41) is 11.8. The molecule has 2 N–H and O–H groups in total. The van der Waals surface area contributed by atoms with Crippen molar-refractivity contribution in [3.63, 3.8) is 0 Å². The fourth-order valence-electron chi connectivity index (χ4n) is 2.64. The lowest BCUT2D eigenvalue weighted by Gasteiger charge is -2.35. The van der Waals surface area contributed by atoms with E-state index in [9.17, 15) is 19.5 Å². The van der Waals surface area contributed by atoms with Crippen LogP contribution in [0.1, 0.15) is 58.8 Å². The van der Waals surface area contributed by atoms with E-state index in [-0.39, 0.29) is 11.8 Å². The molecule has 1 aliphatic rings. The smallest absolute Gasteiger partial charge is 0.326 e. The maximum Gasteiger partial charge on any atom is 0.326 e. The summed E-state index contributed by atoms with van der Waals surface area (Å²) in [6.07, 6.45) is 4.81. The molecule has 1 heterocycles. The molecule has 1 unspecified atom stereocenters. The Morgan fingerprint density at radius 2 is 2.00 bits per heavy atom. The number of carbonyl (C=O) groups excluding carboxylic acids is 2. The molecule has 2 amide bonds. The third kappa shape index (κ3) is 5.02. The Labute approximate surface area is 125 Å². The van der Waals surface area contributed by atoms with Gasteiger partial charge < -0.3 is 15.3 Å². The average molecular weight is 298 g/mol. The lowest BCUT2D eigenvalue weighted by Crippen LogP contribution is -2.54. The van der Waals surface area contributed by atoms with E-state index in [1.807, 2.05) is 6.92 Å². The van der Waals surface area contributed by atoms with Gasteiger partial charge in [0.05, 0.1) is 0 Å². The first-order chi connectivity index (χ1) is 10.0. The maximum atomic E-state index is 12.3. The minimum atomic E-state index is -1.01. The van der Waals surface area contributed by atoms with Gasteiger partial charge in [-0.25, -0.2) is 4.79 Å². The predicted molar refractivity (Wildman–Crippen MR) is 78.7 cm³/mol. The van der Waals surface area contributed by atoms with Gasteiger partial charge in [0.25, 0.3) is 0 Å². The second-order valence-electron chi connectivity index (χ2n) is 5.49. The second kappa shape index (κ2) is 8.64. The Balaban J connectivity index is 2.69. The fraction of sp³-hybridized carbons (Fsp3) is 0.800. The van der Waals surface area contributed by atoms with Gasteiger partial charge in [0, 0.05) is 13.0 Å².